The van der Waals surface area contributed by atoms with Crippen molar-refractivity contribution in [1.29, 1.82) is 0 Å². The van der Waals surface area contributed by atoms with E-state index in [2.05, 4.69) is 5.32 Å². The summed E-state index contributed by atoms with van der Waals surface area (Å²) in [5, 5.41) is 12.0. The minimum atomic E-state index is -0.747. The molecule has 0 spiro atoms. The van der Waals surface area contributed by atoms with Crippen LogP contribution in [0.25, 0.3) is 0 Å². The Morgan fingerprint density at radius 1 is 1.05 bits per heavy atom. The first-order valence-electron chi connectivity index (χ1n) is 7.61. The number of carbonyl (C=O) groups is 2. The highest BCUT2D eigenvalue weighted by Gasteiger charge is 2.39. The van der Waals surface area contributed by atoms with E-state index in [1.54, 1.807) is 0 Å². The zero-order valence-corrected chi connectivity index (χ0v) is 11.6. The third-order valence-corrected chi connectivity index (χ3v) is 4.80. The quantitative estimate of drug-likeness (QED) is 0.753. The van der Waals surface area contributed by atoms with Gasteiger partial charge in [-0.25, -0.2) is 0 Å². The summed E-state index contributed by atoms with van der Waals surface area (Å²) < 4.78 is 0. The van der Waals surface area contributed by atoms with E-state index in [-0.39, 0.29) is 23.7 Å². The number of nitrogens with one attached hydrogen (secondary N) is 1. The number of aliphatic carboxylic acids is 1. The molecule has 2 aliphatic carbocycles. The van der Waals surface area contributed by atoms with E-state index >= 15 is 0 Å². The molecule has 2 fully saturated rings. The molecule has 0 radical (unpaired) electrons. The number of hydrogen-bond donors (Lipinski definition) is 2. The van der Waals surface area contributed by atoms with Crippen LogP contribution >= 0.6 is 0 Å². The molecule has 4 nitrogen and oxygen atoms in total. The molecule has 0 unspecified atom stereocenters. The molecule has 4 heteroatoms. The molecule has 0 bridgehead atoms. The molecule has 2 aliphatic rings. The second kappa shape index (κ2) is 6.40. The van der Waals surface area contributed by atoms with Gasteiger partial charge >= 0.3 is 5.97 Å². The molecule has 0 saturated heterocycles. The maximum Gasteiger partial charge on any atom is 0.303 e. The van der Waals surface area contributed by atoms with Crippen molar-refractivity contribution in [2.24, 2.45) is 11.3 Å². The van der Waals surface area contributed by atoms with Crippen LogP contribution in [-0.4, -0.2) is 23.5 Å². The van der Waals surface area contributed by atoms with Crippen LogP contribution in [0.4, 0.5) is 0 Å². The Morgan fingerprint density at radius 2 is 1.68 bits per heavy atom. The van der Waals surface area contributed by atoms with Gasteiger partial charge in [-0.1, -0.05) is 32.1 Å². The molecule has 2 rings (SSSR count). The summed E-state index contributed by atoms with van der Waals surface area (Å²) in [6, 6.07) is 0. The van der Waals surface area contributed by atoms with Gasteiger partial charge in [0.25, 0.3) is 0 Å². The van der Waals surface area contributed by atoms with Crippen LogP contribution in [0.3, 0.4) is 0 Å². The Kier molecular flexibility index (Phi) is 4.83. The Balaban J connectivity index is 1.79. The van der Waals surface area contributed by atoms with Crippen molar-refractivity contribution in [3.63, 3.8) is 0 Å². The molecule has 19 heavy (non-hydrogen) atoms. The van der Waals surface area contributed by atoms with Gasteiger partial charge in [0.1, 0.15) is 0 Å². The zero-order valence-electron chi connectivity index (χ0n) is 11.6. The van der Waals surface area contributed by atoms with Crippen molar-refractivity contribution < 1.29 is 14.7 Å². The molecule has 2 saturated carbocycles. The minimum absolute atomic E-state index is 0.151. The second-order valence-corrected chi connectivity index (χ2v) is 6.33. The molecule has 2 N–H and O–H groups in total. The second-order valence-electron chi connectivity index (χ2n) is 6.33. The van der Waals surface area contributed by atoms with Crippen LogP contribution in [0, 0.1) is 11.3 Å². The average molecular weight is 267 g/mol. The fraction of sp³-hybridized carbons (Fsp3) is 0.867. The monoisotopic (exact) mass is 267 g/mol. The highest BCUT2D eigenvalue weighted by molar-refractivity contribution is 5.78. The summed E-state index contributed by atoms with van der Waals surface area (Å²) >= 11 is 0. The fourth-order valence-electron chi connectivity index (χ4n) is 3.37. The van der Waals surface area contributed by atoms with E-state index in [1.165, 1.54) is 12.8 Å². The molecule has 0 atom stereocenters. The topological polar surface area (TPSA) is 66.4 Å². The first-order chi connectivity index (χ1) is 9.11. The van der Waals surface area contributed by atoms with Crippen LogP contribution in [0.2, 0.25) is 0 Å². The number of carbonyl (C=O) groups excluding carboxylic acids is 1. The SMILES string of the molecule is O=C(O)CC1(CNC(=O)C2CCCCCC2)CCC1. The van der Waals surface area contributed by atoms with Gasteiger partial charge in [0.05, 0.1) is 6.42 Å². The van der Waals surface area contributed by atoms with Crippen molar-refractivity contribution >= 4 is 11.9 Å². The van der Waals surface area contributed by atoms with Crippen molar-refractivity contribution in [2.75, 3.05) is 6.54 Å². The maximum absolute atomic E-state index is 12.2. The minimum Gasteiger partial charge on any atom is -0.481 e. The van der Waals surface area contributed by atoms with Crippen LogP contribution in [0.1, 0.15) is 64.2 Å². The largest absolute Gasteiger partial charge is 0.481 e. The van der Waals surface area contributed by atoms with E-state index in [0.29, 0.717) is 6.54 Å². The Hall–Kier alpha value is -1.06. The van der Waals surface area contributed by atoms with Crippen molar-refractivity contribution in [3.05, 3.63) is 0 Å². The fourth-order valence-corrected chi connectivity index (χ4v) is 3.37. The standard InChI is InChI=1S/C15H25NO3/c17-13(18)10-15(8-5-9-15)11-16-14(19)12-6-3-1-2-4-7-12/h12H,1-11H2,(H,16,19)(H,17,18). The predicted octanol–water partition coefficient (Wildman–Crippen LogP) is 2.72. The Morgan fingerprint density at radius 3 is 2.16 bits per heavy atom. The van der Waals surface area contributed by atoms with Gasteiger partial charge in [0.15, 0.2) is 0 Å². The normalized spacial score (nSPS) is 23.2. The van der Waals surface area contributed by atoms with Crippen LogP contribution < -0.4 is 5.32 Å². The molecular weight excluding hydrogens is 242 g/mol. The van der Waals surface area contributed by atoms with Crippen LogP contribution in [0.15, 0.2) is 0 Å². The smallest absolute Gasteiger partial charge is 0.303 e. The molecule has 108 valence electrons. The Bertz CT molecular complexity index is 328. The summed E-state index contributed by atoms with van der Waals surface area (Å²) in [6.45, 7) is 0.550. The van der Waals surface area contributed by atoms with Gasteiger partial charge in [0, 0.05) is 12.5 Å². The van der Waals surface area contributed by atoms with Gasteiger partial charge in [-0.05, 0) is 31.1 Å². The van der Waals surface area contributed by atoms with Crippen molar-refractivity contribution in [1.82, 2.24) is 5.32 Å². The van der Waals surface area contributed by atoms with Gasteiger partial charge in [-0.3, -0.25) is 9.59 Å². The third-order valence-electron chi connectivity index (χ3n) is 4.80. The number of amides is 1. The van der Waals surface area contributed by atoms with E-state index in [9.17, 15) is 9.59 Å². The first kappa shape index (κ1) is 14.4. The lowest BCUT2D eigenvalue weighted by atomic mass is 9.66. The van der Waals surface area contributed by atoms with Gasteiger partial charge in [-0.15, -0.1) is 0 Å². The number of carboxylic acid groups (broad SMARTS) is 1. The van der Waals surface area contributed by atoms with E-state index in [4.69, 9.17) is 5.11 Å². The lowest BCUT2D eigenvalue weighted by Gasteiger charge is -2.41. The number of carboxylic acids is 1. The molecule has 0 aliphatic heterocycles. The average Bonchev–Trinajstić information content (AvgIpc) is 2.60. The van der Waals surface area contributed by atoms with E-state index in [0.717, 1.165) is 44.9 Å². The lowest BCUT2D eigenvalue weighted by Crippen LogP contribution is -2.45. The van der Waals surface area contributed by atoms with Gasteiger partial charge in [0.2, 0.25) is 5.91 Å². The highest BCUT2D eigenvalue weighted by Crippen LogP contribution is 2.43. The number of rotatable bonds is 5. The highest BCUT2D eigenvalue weighted by atomic mass is 16.4. The van der Waals surface area contributed by atoms with Crippen LogP contribution in [0.5, 0.6) is 0 Å². The zero-order chi connectivity index (χ0) is 13.7. The van der Waals surface area contributed by atoms with Gasteiger partial charge < -0.3 is 10.4 Å². The van der Waals surface area contributed by atoms with E-state index in [1.807, 2.05) is 0 Å². The summed E-state index contributed by atoms with van der Waals surface area (Å²) in [5.41, 5.74) is -0.160. The first-order valence-corrected chi connectivity index (χ1v) is 7.61. The molecule has 1 amide bonds. The van der Waals surface area contributed by atoms with Crippen molar-refractivity contribution in [3.8, 4) is 0 Å². The number of hydrogen-bond acceptors (Lipinski definition) is 2. The Labute approximate surface area is 115 Å². The molecule has 0 aromatic heterocycles. The molecule has 0 aromatic carbocycles. The van der Waals surface area contributed by atoms with Gasteiger partial charge in [-0.2, -0.15) is 0 Å². The summed E-state index contributed by atoms with van der Waals surface area (Å²) in [6.07, 6.45) is 9.94. The van der Waals surface area contributed by atoms with E-state index < -0.39 is 5.97 Å². The summed E-state index contributed by atoms with van der Waals surface area (Å²) in [4.78, 5) is 23.1. The molecule has 0 heterocycles. The summed E-state index contributed by atoms with van der Waals surface area (Å²) in [5.74, 6) is -0.438. The predicted molar refractivity (Wildman–Crippen MR) is 72.7 cm³/mol. The van der Waals surface area contributed by atoms with Crippen LogP contribution in [-0.2, 0) is 9.59 Å². The molecule has 0 aromatic rings. The summed E-state index contributed by atoms with van der Waals surface area (Å²) in [7, 11) is 0. The lowest BCUT2D eigenvalue weighted by molar-refractivity contribution is -0.142. The third kappa shape index (κ3) is 3.95. The molecular formula is C15H25NO3. The van der Waals surface area contributed by atoms with Crippen molar-refractivity contribution in [2.45, 2.75) is 64.2 Å². The maximum atomic E-state index is 12.2.